The van der Waals surface area contributed by atoms with Crippen LogP contribution in [0.25, 0.3) is 5.57 Å². The highest BCUT2D eigenvalue weighted by atomic mass is 35.5. The fourth-order valence-electron chi connectivity index (χ4n) is 1.70. The van der Waals surface area contributed by atoms with E-state index in [0.717, 1.165) is 25.1 Å². The van der Waals surface area contributed by atoms with Crippen molar-refractivity contribution in [3.8, 4) is 0 Å². The van der Waals surface area contributed by atoms with Crippen molar-refractivity contribution in [2.24, 2.45) is 5.92 Å². The van der Waals surface area contributed by atoms with E-state index in [0.29, 0.717) is 16.0 Å². The van der Waals surface area contributed by atoms with Crippen molar-refractivity contribution >= 4 is 28.8 Å². The maximum absolute atomic E-state index is 6.17. The molecule has 1 aromatic rings. The van der Waals surface area contributed by atoms with E-state index in [1.54, 1.807) is 6.07 Å². The van der Waals surface area contributed by atoms with Gasteiger partial charge in [0, 0.05) is 10.0 Å². The molecule has 0 amide bonds. The summed E-state index contributed by atoms with van der Waals surface area (Å²) in [5.41, 5.74) is 2.26. The summed E-state index contributed by atoms with van der Waals surface area (Å²) >= 11 is 12.0. The average molecular weight is 286 g/mol. The lowest BCUT2D eigenvalue weighted by molar-refractivity contribution is 0.557. The van der Waals surface area contributed by atoms with Crippen LogP contribution in [-0.4, -0.2) is 13.1 Å². The van der Waals surface area contributed by atoms with Crippen LogP contribution in [0.2, 0.25) is 10.0 Å². The monoisotopic (exact) mass is 285 g/mol. The highest BCUT2D eigenvalue weighted by molar-refractivity contribution is 6.35. The van der Waals surface area contributed by atoms with Gasteiger partial charge in [-0.2, -0.15) is 0 Å². The van der Waals surface area contributed by atoms with Crippen LogP contribution in [0.1, 0.15) is 32.8 Å². The van der Waals surface area contributed by atoms with Gasteiger partial charge in [0.05, 0.1) is 0 Å². The molecular weight excluding hydrogens is 265 g/mol. The summed E-state index contributed by atoms with van der Waals surface area (Å²) in [7, 11) is 0. The largest absolute Gasteiger partial charge is 0.316 e. The Morgan fingerprint density at radius 1 is 1.33 bits per heavy atom. The highest BCUT2D eigenvalue weighted by Crippen LogP contribution is 2.26. The second-order valence-electron chi connectivity index (χ2n) is 4.90. The van der Waals surface area contributed by atoms with Gasteiger partial charge in [0.25, 0.3) is 0 Å². The van der Waals surface area contributed by atoms with Gasteiger partial charge in [0.15, 0.2) is 0 Å². The van der Waals surface area contributed by atoms with E-state index in [9.17, 15) is 0 Å². The molecule has 0 bridgehead atoms. The third-order valence-electron chi connectivity index (χ3n) is 2.68. The summed E-state index contributed by atoms with van der Waals surface area (Å²) in [6.45, 7) is 8.57. The minimum absolute atomic E-state index is 0.676. The molecule has 1 aromatic carbocycles. The summed E-state index contributed by atoms with van der Waals surface area (Å²) in [6.07, 6.45) is 3.22. The molecule has 0 radical (unpaired) electrons. The number of halogens is 2. The summed E-state index contributed by atoms with van der Waals surface area (Å²) < 4.78 is 0. The van der Waals surface area contributed by atoms with Crippen LogP contribution in [0.3, 0.4) is 0 Å². The van der Waals surface area contributed by atoms with Gasteiger partial charge in [0.1, 0.15) is 0 Å². The van der Waals surface area contributed by atoms with Crippen molar-refractivity contribution in [2.75, 3.05) is 13.1 Å². The van der Waals surface area contributed by atoms with Gasteiger partial charge < -0.3 is 5.32 Å². The molecule has 0 aromatic heterocycles. The van der Waals surface area contributed by atoms with Gasteiger partial charge in [-0.1, -0.05) is 49.2 Å². The van der Waals surface area contributed by atoms with Crippen LogP contribution in [-0.2, 0) is 0 Å². The van der Waals surface area contributed by atoms with E-state index in [-0.39, 0.29) is 0 Å². The Labute approximate surface area is 120 Å². The molecule has 0 aliphatic carbocycles. The lowest BCUT2D eigenvalue weighted by atomic mass is 10.1. The standard InChI is InChI=1S/C15H21Cl2N/c1-11(2)10-18-8-4-5-12(3)14-7-6-13(16)9-15(14)17/h5-7,9,11,18H,4,8,10H2,1-3H3/b12-5-. The van der Waals surface area contributed by atoms with Gasteiger partial charge >= 0.3 is 0 Å². The lowest BCUT2D eigenvalue weighted by Crippen LogP contribution is -2.20. The maximum atomic E-state index is 6.17. The Morgan fingerprint density at radius 2 is 2.06 bits per heavy atom. The molecule has 0 aliphatic rings. The van der Waals surface area contributed by atoms with Crippen LogP contribution in [0.15, 0.2) is 24.3 Å². The van der Waals surface area contributed by atoms with Crippen LogP contribution in [0.4, 0.5) is 0 Å². The molecule has 1 N–H and O–H groups in total. The zero-order chi connectivity index (χ0) is 13.5. The number of hydrogen-bond donors (Lipinski definition) is 1. The van der Waals surface area contributed by atoms with E-state index in [1.165, 1.54) is 5.57 Å². The number of benzene rings is 1. The molecular formula is C15H21Cl2N. The Hall–Kier alpha value is -0.500. The van der Waals surface area contributed by atoms with Crippen molar-refractivity contribution in [2.45, 2.75) is 27.2 Å². The third kappa shape index (κ3) is 5.43. The molecule has 0 aliphatic heterocycles. The quantitative estimate of drug-likeness (QED) is 0.723. The SMILES string of the molecule is C/C(=C/CCNCC(C)C)c1ccc(Cl)cc1Cl. The molecule has 0 unspecified atom stereocenters. The normalized spacial score (nSPS) is 12.2. The zero-order valence-corrected chi connectivity index (χ0v) is 12.8. The molecule has 18 heavy (non-hydrogen) atoms. The van der Waals surface area contributed by atoms with Crippen molar-refractivity contribution in [1.29, 1.82) is 0 Å². The van der Waals surface area contributed by atoms with Crippen LogP contribution < -0.4 is 5.32 Å². The van der Waals surface area contributed by atoms with E-state index in [1.807, 2.05) is 12.1 Å². The van der Waals surface area contributed by atoms with Crippen molar-refractivity contribution in [3.05, 3.63) is 39.9 Å². The predicted octanol–water partition coefficient (Wildman–Crippen LogP) is 5.03. The molecule has 0 spiro atoms. The Kier molecular flexibility index (Phi) is 6.77. The van der Waals surface area contributed by atoms with Crippen LogP contribution in [0, 0.1) is 5.92 Å². The first kappa shape index (κ1) is 15.6. The van der Waals surface area contributed by atoms with Crippen molar-refractivity contribution in [3.63, 3.8) is 0 Å². The highest BCUT2D eigenvalue weighted by Gasteiger charge is 2.02. The van der Waals surface area contributed by atoms with Gasteiger partial charge in [-0.25, -0.2) is 0 Å². The first-order valence-electron chi connectivity index (χ1n) is 6.33. The van der Waals surface area contributed by atoms with Crippen LogP contribution in [0.5, 0.6) is 0 Å². The summed E-state index contributed by atoms with van der Waals surface area (Å²) in [5, 5.41) is 4.81. The van der Waals surface area contributed by atoms with E-state index < -0.39 is 0 Å². The second-order valence-corrected chi connectivity index (χ2v) is 5.74. The molecule has 0 saturated heterocycles. The minimum Gasteiger partial charge on any atom is -0.316 e. The van der Waals surface area contributed by atoms with Gasteiger partial charge in [-0.15, -0.1) is 0 Å². The molecule has 3 heteroatoms. The first-order chi connectivity index (χ1) is 8.50. The molecule has 1 nitrogen and oxygen atoms in total. The number of nitrogens with one attached hydrogen (secondary N) is 1. The van der Waals surface area contributed by atoms with Crippen LogP contribution >= 0.6 is 23.2 Å². The van der Waals surface area contributed by atoms with Gasteiger partial charge in [0.2, 0.25) is 0 Å². The second kappa shape index (κ2) is 7.83. The first-order valence-corrected chi connectivity index (χ1v) is 7.09. The topological polar surface area (TPSA) is 12.0 Å². The van der Waals surface area contributed by atoms with E-state index in [2.05, 4.69) is 32.2 Å². The predicted molar refractivity (Wildman–Crippen MR) is 82.4 cm³/mol. The Morgan fingerprint density at radius 3 is 2.67 bits per heavy atom. The molecule has 0 atom stereocenters. The van der Waals surface area contributed by atoms with E-state index in [4.69, 9.17) is 23.2 Å². The summed E-state index contributed by atoms with van der Waals surface area (Å²) in [5.74, 6) is 0.695. The van der Waals surface area contributed by atoms with Crippen molar-refractivity contribution in [1.82, 2.24) is 5.32 Å². The lowest BCUT2D eigenvalue weighted by Gasteiger charge is -2.07. The summed E-state index contributed by atoms with van der Waals surface area (Å²) in [6, 6.07) is 5.63. The smallest absolute Gasteiger partial charge is 0.0495 e. The molecule has 1 rings (SSSR count). The molecule has 100 valence electrons. The van der Waals surface area contributed by atoms with E-state index >= 15 is 0 Å². The fourth-order valence-corrected chi connectivity index (χ4v) is 2.26. The summed E-state index contributed by atoms with van der Waals surface area (Å²) in [4.78, 5) is 0. The average Bonchev–Trinajstić information content (AvgIpc) is 2.27. The third-order valence-corrected chi connectivity index (χ3v) is 3.23. The molecule has 0 saturated carbocycles. The van der Waals surface area contributed by atoms with Gasteiger partial charge in [-0.05, 0) is 55.6 Å². The number of hydrogen-bond acceptors (Lipinski definition) is 1. The zero-order valence-electron chi connectivity index (χ0n) is 11.3. The number of rotatable bonds is 6. The number of allylic oxidation sites excluding steroid dienone is 1. The molecule has 0 fully saturated rings. The Bertz CT molecular complexity index is 411. The maximum Gasteiger partial charge on any atom is 0.0495 e. The van der Waals surface area contributed by atoms with Crippen molar-refractivity contribution < 1.29 is 0 Å². The van der Waals surface area contributed by atoms with Gasteiger partial charge in [-0.3, -0.25) is 0 Å². The minimum atomic E-state index is 0.676. The fraction of sp³-hybridized carbons (Fsp3) is 0.467. The Balaban J connectivity index is 2.50. The molecule has 0 heterocycles.